The Labute approximate surface area is 69.2 Å². The van der Waals surface area contributed by atoms with Gasteiger partial charge in [0.25, 0.3) is 0 Å². The minimum atomic E-state index is 0. The van der Waals surface area contributed by atoms with Gasteiger partial charge < -0.3 is 17.0 Å². The minimum Gasteiger partial charge on any atom is -0.653 e. The first-order chi connectivity index (χ1) is 2.41. The standard InChI is InChI=1S/C3H5O2.CH3.ClH.Zn/c1-2-5-3-4;;;/h2H2,1H3;1H3;1H;/q2*-1;;+2. The van der Waals surface area contributed by atoms with E-state index in [1.165, 1.54) is 6.47 Å². The van der Waals surface area contributed by atoms with Crippen molar-refractivity contribution >= 4 is 18.9 Å². The number of hydrogen-bond donors (Lipinski definition) is 0. The zero-order valence-electron chi connectivity index (χ0n) is 5.14. The molecule has 0 N–H and O–H groups in total. The maximum atomic E-state index is 9.06. The molecule has 0 radical (unpaired) electrons. The molecule has 0 fully saturated rings. The van der Waals surface area contributed by atoms with Gasteiger partial charge in [0.2, 0.25) is 0 Å². The number of rotatable bonds is 2. The summed E-state index contributed by atoms with van der Waals surface area (Å²) >= 11 is 0. The quantitative estimate of drug-likeness (QED) is 0.478. The van der Waals surface area contributed by atoms with Crippen LogP contribution >= 0.6 is 12.4 Å². The number of carbonyl (C=O) groups excluding carboxylic acids is 1. The van der Waals surface area contributed by atoms with Gasteiger partial charge >= 0.3 is 19.5 Å². The van der Waals surface area contributed by atoms with E-state index < -0.39 is 0 Å². The van der Waals surface area contributed by atoms with E-state index in [0.717, 1.165) is 0 Å². The molecule has 0 spiro atoms. The van der Waals surface area contributed by atoms with E-state index in [2.05, 4.69) is 4.74 Å². The molecule has 0 bridgehead atoms. The van der Waals surface area contributed by atoms with E-state index in [-0.39, 0.29) is 39.3 Å². The Kier molecular flexibility index (Phi) is 78.1. The number of hydrogen-bond acceptors (Lipinski definition) is 2. The Hall–Kier alpha value is 0.383. The Morgan fingerprint density at radius 3 is 2.00 bits per heavy atom. The molecule has 0 aliphatic rings. The minimum absolute atomic E-state index is 0. The van der Waals surface area contributed by atoms with Crippen LogP contribution in [0.1, 0.15) is 6.92 Å². The second-order valence-corrected chi connectivity index (χ2v) is 0.516. The molecule has 46 valence electrons. The summed E-state index contributed by atoms with van der Waals surface area (Å²) in [4.78, 5) is 9.06. The molecule has 0 aromatic heterocycles. The third-order valence-electron chi connectivity index (χ3n) is 0.203. The molecular weight excluding hydrogens is 181 g/mol. The molecule has 8 heavy (non-hydrogen) atoms. The first kappa shape index (κ1) is 23.8. The predicted octanol–water partition coefficient (Wildman–Crippen LogP) is 0.960. The van der Waals surface area contributed by atoms with Crippen LogP contribution in [0.25, 0.3) is 0 Å². The molecule has 0 aromatic rings. The number of halogens is 1. The van der Waals surface area contributed by atoms with Gasteiger partial charge in [-0.05, 0) is 6.92 Å². The van der Waals surface area contributed by atoms with Crippen molar-refractivity contribution in [2.24, 2.45) is 0 Å². The van der Waals surface area contributed by atoms with Gasteiger partial charge in [-0.15, -0.1) is 12.4 Å². The van der Waals surface area contributed by atoms with Gasteiger partial charge in [0, 0.05) is 6.61 Å². The van der Waals surface area contributed by atoms with Crippen molar-refractivity contribution in [3.05, 3.63) is 7.43 Å². The first-order valence-electron chi connectivity index (χ1n) is 1.40. The van der Waals surface area contributed by atoms with Crippen molar-refractivity contribution < 1.29 is 29.0 Å². The Bertz CT molecular complexity index is 35.2. The maximum Gasteiger partial charge on any atom is 2.00 e. The van der Waals surface area contributed by atoms with Crippen LogP contribution < -0.4 is 0 Å². The normalized spacial score (nSPS) is 4.12. The molecule has 0 rings (SSSR count). The van der Waals surface area contributed by atoms with Crippen LogP contribution in [0, 0.1) is 7.43 Å². The maximum absolute atomic E-state index is 9.06. The molecule has 4 heteroatoms. The van der Waals surface area contributed by atoms with E-state index >= 15 is 0 Å². The Morgan fingerprint density at radius 1 is 1.62 bits per heavy atom. The molecular formula is C4H9ClO2Zn. The molecule has 0 saturated heterocycles. The SMILES string of the molecule is CCO[C-]=O.Cl.[CH3-].[Zn+2]. The van der Waals surface area contributed by atoms with Crippen LogP contribution in [-0.2, 0) is 29.0 Å². The van der Waals surface area contributed by atoms with E-state index in [1.807, 2.05) is 0 Å². The smallest absolute Gasteiger partial charge is 0.653 e. The second-order valence-electron chi connectivity index (χ2n) is 0.516. The summed E-state index contributed by atoms with van der Waals surface area (Å²) in [5.41, 5.74) is 0. The van der Waals surface area contributed by atoms with Gasteiger partial charge in [0.05, 0.1) is 0 Å². The summed E-state index contributed by atoms with van der Waals surface area (Å²) < 4.78 is 4.03. The predicted molar refractivity (Wildman–Crippen MR) is 31.0 cm³/mol. The van der Waals surface area contributed by atoms with Crippen molar-refractivity contribution in [2.75, 3.05) is 6.61 Å². The second kappa shape index (κ2) is 26.3. The van der Waals surface area contributed by atoms with Crippen LogP contribution in [0.3, 0.4) is 0 Å². The largest absolute Gasteiger partial charge is 2.00 e. The molecule has 0 aliphatic carbocycles. The van der Waals surface area contributed by atoms with Gasteiger partial charge in [-0.3, -0.25) is 0 Å². The topological polar surface area (TPSA) is 26.3 Å². The third kappa shape index (κ3) is 32.6. The summed E-state index contributed by atoms with van der Waals surface area (Å²) in [6.07, 6.45) is 0. The first-order valence-corrected chi connectivity index (χ1v) is 1.40. The van der Waals surface area contributed by atoms with Crippen LogP contribution in [0.15, 0.2) is 0 Å². The number of ether oxygens (including phenoxy) is 1. The zero-order valence-corrected chi connectivity index (χ0v) is 8.92. The summed E-state index contributed by atoms with van der Waals surface area (Å²) in [6, 6.07) is 0. The Balaban J connectivity index is -0.0000000267. The summed E-state index contributed by atoms with van der Waals surface area (Å²) in [5, 5.41) is 0. The fourth-order valence-corrected chi connectivity index (χ4v) is 0.0589. The zero-order chi connectivity index (χ0) is 4.12. The van der Waals surface area contributed by atoms with Crippen LogP contribution in [-0.4, -0.2) is 13.1 Å². The average molecular weight is 190 g/mol. The Morgan fingerprint density at radius 2 is 2.00 bits per heavy atom. The van der Waals surface area contributed by atoms with E-state index in [1.54, 1.807) is 6.92 Å². The fourth-order valence-electron chi connectivity index (χ4n) is 0.0589. The van der Waals surface area contributed by atoms with Crippen LogP contribution in [0.5, 0.6) is 0 Å². The molecule has 0 aromatic carbocycles. The van der Waals surface area contributed by atoms with Crippen LogP contribution in [0.2, 0.25) is 0 Å². The molecule has 0 atom stereocenters. The fraction of sp³-hybridized carbons (Fsp3) is 0.500. The summed E-state index contributed by atoms with van der Waals surface area (Å²) in [5.74, 6) is 0. The van der Waals surface area contributed by atoms with Gasteiger partial charge in [0.15, 0.2) is 0 Å². The molecule has 0 unspecified atom stereocenters. The molecule has 0 heterocycles. The van der Waals surface area contributed by atoms with E-state index in [0.29, 0.717) is 6.61 Å². The van der Waals surface area contributed by atoms with E-state index in [4.69, 9.17) is 4.79 Å². The van der Waals surface area contributed by atoms with Crippen molar-refractivity contribution in [1.82, 2.24) is 0 Å². The van der Waals surface area contributed by atoms with Gasteiger partial charge in [0.1, 0.15) is 0 Å². The monoisotopic (exact) mass is 188 g/mol. The van der Waals surface area contributed by atoms with E-state index in [9.17, 15) is 0 Å². The van der Waals surface area contributed by atoms with Crippen molar-refractivity contribution in [3.8, 4) is 0 Å². The van der Waals surface area contributed by atoms with Crippen molar-refractivity contribution in [2.45, 2.75) is 6.92 Å². The van der Waals surface area contributed by atoms with Gasteiger partial charge in [-0.1, -0.05) is 6.47 Å². The third-order valence-corrected chi connectivity index (χ3v) is 0.203. The van der Waals surface area contributed by atoms with Crippen LogP contribution in [0.4, 0.5) is 0 Å². The van der Waals surface area contributed by atoms with Crippen molar-refractivity contribution in [3.63, 3.8) is 0 Å². The summed E-state index contributed by atoms with van der Waals surface area (Å²) in [7, 11) is 0. The van der Waals surface area contributed by atoms with Crippen molar-refractivity contribution in [1.29, 1.82) is 0 Å². The van der Waals surface area contributed by atoms with Gasteiger partial charge in [-0.2, -0.15) is 0 Å². The molecule has 0 aliphatic heterocycles. The molecule has 0 amide bonds. The summed E-state index contributed by atoms with van der Waals surface area (Å²) in [6.45, 7) is 3.41. The average Bonchev–Trinajstić information content (AvgIpc) is 1.41. The van der Waals surface area contributed by atoms with Gasteiger partial charge in [-0.25, -0.2) is 0 Å². The molecule has 2 nitrogen and oxygen atoms in total. The molecule has 0 saturated carbocycles.